The molecule has 0 aliphatic heterocycles. The lowest BCUT2D eigenvalue weighted by Crippen LogP contribution is -2.25. The van der Waals surface area contributed by atoms with Crippen LogP contribution in [0.5, 0.6) is 0 Å². The Morgan fingerprint density at radius 1 is 1.29 bits per heavy atom. The van der Waals surface area contributed by atoms with Crippen LogP contribution < -0.4 is 11.1 Å². The molecule has 0 aliphatic carbocycles. The number of hydrogen-bond donors (Lipinski definition) is 2. The zero-order chi connectivity index (χ0) is 15.6. The van der Waals surface area contributed by atoms with Crippen molar-refractivity contribution in [2.45, 2.75) is 53.6 Å². The lowest BCUT2D eigenvalue weighted by Gasteiger charge is -2.18. The van der Waals surface area contributed by atoms with Crippen molar-refractivity contribution in [3.05, 3.63) is 28.7 Å². The molecule has 2 rings (SSSR count). The average molecular weight is 288 g/mol. The highest BCUT2D eigenvalue weighted by Gasteiger charge is 2.12. The van der Waals surface area contributed by atoms with E-state index in [1.54, 1.807) is 0 Å². The third-order valence-electron chi connectivity index (χ3n) is 3.53. The van der Waals surface area contributed by atoms with Crippen LogP contribution in [0.3, 0.4) is 0 Å². The molecule has 0 aliphatic rings. The largest absolute Gasteiger partial charge is 0.368 e. The van der Waals surface area contributed by atoms with Crippen LogP contribution in [0.15, 0.2) is 6.07 Å². The maximum Gasteiger partial charge on any atom is 0.222 e. The minimum absolute atomic E-state index is 0.195. The molecular formula is C15H24N6. The van der Waals surface area contributed by atoms with Gasteiger partial charge in [-0.15, -0.1) is 0 Å². The lowest BCUT2D eigenvalue weighted by atomic mass is 10.2. The first-order chi connectivity index (χ1) is 9.90. The van der Waals surface area contributed by atoms with Crippen LogP contribution in [0, 0.1) is 20.8 Å². The van der Waals surface area contributed by atoms with Gasteiger partial charge >= 0.3 is 0 Å². The van der Waals surface area contributed by atoms with Gasteiger partial charge < -0.3 is 11.1 Å². The standard InChI is InChI=1S/C15H24N6/c1-6-13-12(5)14(19-15(16)18-13)17-10(3)8-21-11(4)7-9(2)20-21/h7,10H,6,8H2,1-5H3,(H3,16,17,18,19). The molecule has 1 unspecified atom stereocenters. The van der Waals surface area contributed by atoms with E-state index in [0.29, 0.717) is 5.95 Å². The Labute approximate surface area is 125 Å². The van der Waals surface area contributed by atoms with Gasteiger partial charge in [-0.2, -0.15) is 10.1 Å². The van der Waals surface area contributed by atoms with Crippen molar-refractivity contribution in [1.82, 2.24) is 19.7 Å². The Bertz CT molecular complexity index is 631. The van der Waals surface area contributed by atoms with E-state index >= 15 is 0 Å². The Balaban J connectivity index is 2.14. The van der Waals surface area contributed by atoms with Gasteiger partial charge in [0, 0.05) is 17.3 Å². The average Bonchev–Trinajstić information content (AvgIpc) is 2.71. The first-order valence-electron chi connectivity index (χ1n) is 7.31. The number of nitrogens with two attached hydrogens (primary N) is 1. The predicted molar refractivity (Wildman–Crippen MR) is 85.3 cm³/mol. The number of rotatable bonds is 5. The van der Waals surface area contributed by atoms with Crippen LogP contribution in [0.1, 0.15) is 36.5 Å². The van der Waals surface area contributed by atoms with Crippen LogP contribution in [-0.4, -0.2) is 25.8 Å². The normalized spacial score (nSPS) is 12.4. The Kier molecular flexibility index (Phi) is 4.45. The summed E-state index contributed by atoms with van der Waals surface area (Å²) in [4.78, 5) is 8.59. The number of anilines is 2. The molecule has 114 valence electrons. The zero-order valence-electron chi connectivity index (χ0n) is 13.4. The summed E-state index contributed by atoms with van der Waals surface area (Å²) < 4.78 is 2.01. The Morgan fingerprint density at radius 3 is 2.57 bits per heavy atom. The number of hydrogen-bond acceptors (Lipinski definition) is 5. The molecule has 0 radical (unpaired) electrons. The van der Waals surface area contributed by atoms with Gasteiger partial charge in [-0.1, -0.05) is 6.92 Å². The molecule has 0 fully saturated rings. The fourth-order valence-electron chi connectivity index (χ4n) is 2.47. The molecule has 2 heterocycles. The Hall–Kier alpha value is -2.11. The van der Waals surface area contributed by atoms with Crippen LogP contribution in [0.4, 0.5) is 11.8 Å². The van der Waals surface area contributed by atoms with E-state index in [1.165, 1.54) is 0 Å². The summed E-state index contributed by atoms with van der Waals surface area (Å²) in [6.07, 6.45) is 0.846. The SMILES string of the molecule is CCc1nc(N)nc(NC(C)Cn2nc(C)cc2C)c1C. The highest BCUT2D eigenvalue weighted by molar-refractivity contribution is 5.49. The minimum atomic E-state index is 0.195. The maximum atomic E-state index is 5.78. The van der Waals surface area contributed by atoms with E-state index < -0.39 is 0 Å². The molecule has 0 amide bonds. The number of nitrogen functional groups attached to an aromatic ring is 1. The monoisotopic (exact) mass is 288 g/mol. The molecule has 21 heavy (non-hydrogen) atoms. The minimum Gasteiger partial charge on any atom is -0.368 e. The molecule has 6 heteroatoms. The van der Waals surface area contributed by atoms with Gasteiger partial charge in [-0.05, 0) is 40.2 Å². The fourth-order valence-corrected chi connectivity index (χ4v) is 2.47. The fraction of sp³-hybridized carbons (Fsp3) is 0.533. The van der Waals surface area contributed by atoms with Crippen LogP contribution in [0.25, 0.3) is 0 Å². The van der Waals surface area contributed by atoms with E-state index in [1.807, 2.05) is 18.5 Å². The van der Waals surface area contributed by atoms with Crippen LogP contribution in [-0.2, 0) is 13.0 Å². The summed E-state index contributed by atoms with van der Waals surface area (Å²) in [7, 11) is 0. The predicted octanol–water partition coefficient (Wildman–Crippen LogP) is 2.24. The molecule has 1 atom stereocenters. The van der Waals surface area contributed by atoms with Gasteiger partial charge in [0.2, 0.25) is 5.95 Å². The van der Waals surface area contributed by atoms with Gasteiger partial charge in [0.05, 0.1) is 17.9 Å². The van der Waals surface area contributed by atoms with Crippen molar-refractivity contribution in [2.24, 2.45) is 0 Å². The molecule has 0 saturated heterocycles. The van der Waals surface area contributed by atoms with Gasteiger partial charge in [0.25, 0.3) is 0 Å². The molecule has 2 aromatic heterocycles. The second-order valence-corrected chi connectivity index (χ2v) is 5.51. The van der Waals surface area contributed by atoms with E-state index in [-0.39, 0.29) is 6.04 Å². The summed E-state index contributed by atoms with van der Waals surface area (Å²) in [5, 5.41) is 7.90. The third-order valence-corrected chi connectivity index (χ3v) is 3.53. The second-order valence-electron chi connectivity index (χ2n) is 5.51. The van der Waals surface area contributed by atoms with Crippen molar-refractivity contribution in [1.29, 1.82) is 0 Å². The van der Waals surface area contributed by atoms with Crippen molar-refractivity contribution < 1.29 is 0 Å². The summed E-state index contributed by atoms with van der Waals surface area (Å²) in [5.74, 6) is 1.13. The highest BCUT2D eigenvalue weighted by atomic mass is 15.3. The molecule has 6 nitrogen and oxygen atoms in total. The van der Waals surface area contributed by atoms with E-state index in [2.05, 4.69) is 47.2 Å². The number of nitrogens with one attached hydrogen (secondary N) is 1. The molecular weight excluding hydrogens is 264 g/mol. The van der Waals surface area contributed by atoms with Crippen molar-refractivity contribution in [3.63, 3.8) is 0 Å². The van der Waals surface area contributed by atoms with E-state index in [0.717, 1.165) is 41.4 Å². The van der Waals surface area contributed by atoms with Crippen molar-refractivity contribution in [2.75, 3.05) is 11.1 Å². The summed E-state index contributed by atoms with van der Waals surface area (Å²) in [5.41, 5.74) is 10.0. The molecule has 0 bridgehead atoms. The number of aromatic nitrogens is 4. The smallest absolute Gasteiger partial charge is 0.222 e. The zero-order valence-corrected chi connectivity index (χ0v) is 13.4. The van der Waals surface area contributed by atoms with Crippen LogP contribution >= 0.6 is 0 Å². The Morgan fingerprint density at radius 2 is 2.00 bits per heavy atom. The summed E-state index contributed by atoms with van der Waals surface area (Å²) in [6, 6.07) is 2.27. The highest BCUT2D eigenvalue weighted by Crippen LogP contribution is 2.18. The van der Waals surface area contributed by atoms with E-state index in [9.17, 15) is 0 Å². The summed E-state index contributed by atoms with van der Waals surface area (Å²) in [6.45, 7) is 11.1. The molecule has 2 aromatic rings. The third kappa shape index (κ3) is 3.51. The topological polar surface area (TPSA) is 81.6 Å². The van der Waals surface area contributed by atoms with Crippen molar-refractivity contribution in [3.8, 4) is 0 Å². The summed E-state index contributed by atoms with van der Waals surface area (Å²) >= 11 is 0. The molecule has 0 aromatic carbocycles. The maximum absolute atomic E-state index is 5.78. The van der Waals surface area contributed by atoms with Crippen LogP contribution in [0.2, 0.25) is 0 Å². The van der Waals surface area contributed by atoms with Gasteiger partial charge in [-0.3, -0.25) is 4.68 Å². The van der Waals surface area contributed by atoms with E-state index in [4.69, 9.17) is 5.73 Å². The number of aryl methyl sites for hydroxylation is 3. The van der Waals surface area contributed by atoms with Crippen molar-refractivity contribution >= 4 is 11.8 Å². The number of nitrogens with zero attached hydrogens (tertiary/aromatic N) is 4. The van der Waals surface area contributed by atoms with Gasteiger partial charge in [0.15, 0.2) is 0 Å². The first kappa shape index (κ1) is 15.3. The molecule has 3 N–H and O–H groups in total. The first-order valence-corrected chi connectivity index (χ1v) is 7.31. The lowest BCUT2D eigenvalue weighted by molar-refractivity contribution is 0.544. The second kappa shape index (κ2) is 6.11. The quantitative estimate of drug-likeness (QED) is 0.882. The van der Waals surface area contributed by atoms with Gasteiger partial charge in [0.1, 0.15) is 5.82 Å². The molecule has 0 spiro atoms. The molecule has 0 saturated carbocycles. The van der Waals surface area contributed by atoms with Gasteiger partial charge in [-0.25, -0.2) is 4.98 Å².